The van der Waals surface area contributed by atoms with Gasteiger partial charge in [-0.2, -0.15) is 0 Å². The Hall–Kier alpha value is -3.48. The van der Waals surface area contributed by atoms with Crippen molar-refractivity contribution < 1.29 is 14.7 Å². The zero-order chi connectivity index (χ0) is 17.8. The van der Waals surface area contributed by atoms with Gasteiger partial charge in [0.1, 0.15) is 6.54 Å². The molecule has 0 radical (unpaired) electrons. The molecule has 0 saturated carbocycles. The van der Waals surface area contributed by atoms with Crippen LogP contribution in [0.1, 0.15) is 15.9 Å². The number of aromatic amines is 1. The van der Waals surface area contributed by atoms with Gasteiger partial charge in [0, 0.05) is 10.9 Å². The van der Waals surface area contributed by atoms with Crippen LogP contribution in [-0.4, -0.2) is 28.4 Å². The zero-order valence-electron chi connectivity index (χ0n) is 13.5. The summed E-state index contributed by atoms with van der Waals surface area (Å²) in [6.07, 6.45) is 0. The van der Waals surface area contributed by atoms with E-state index in [2.05, 4.69) is 20.5 Å². The van der Waals surface area contributed by atoms with E-state index < -0.39 is 5.91 Å². The zero-order valence-corrected chi connectivity index (χ0v) is 13.5. The van der Waals surface area contributed by atoms with E-state index in [0.717, 1.165) is 11.1 Å². The number of benzene rings is 2. The van der Waals surface area contributed by atoms with Crippen LogP contribution in [0.4, 0.5) is 5.69 Å². The molecule has 2 amide bonds. The molecule has 0 aliphatic rings. The molecule has 0 fully saturated rings. The molecule has 7 nitrogen and oxygen atoms in total. The monoisotopic (exact) mass is 336 g/mol. The second-order valence-corrected chi connectivity index (χ2v) is 5.46. The highest BCUT2D eigenvalue weighted by Gasteiger charge is 2.12. The maximum Gasteiger partial charge on any atom is 0.283 e. The van der Waals surface area contributed by atoms with Gasteiger partial charge in [-0.1, -0.05) is 36.4 Å². The van der Waals surface area contributed by atoms with Gasteiger partial charge >= 0.3 is 0 Å². The first-order valence-corrected chi connectivity index (χ1v) is 7.64. The number of azo groups is 1. The van der Waals surface area contributed by atoms with E-state index >= 15 is 0 Å². The average Bonchev–Trinajstić information content (AvgIpc) is 2.95. The van der Waals surface area contributed by atoms with Gasteiger partial charge < -0.3 is 15.4 Å². The second-order valence-electron chi connectivity index (χ2n) is 5.46. The Morgan fingerprint density at radius 3 is 2.64 bits per heavy atom. The Labute approximate surface area is 143 Å². The highest BCUT2D eigenvalue weighted by molar-refractivity contribution is 5.97. The summed E-state index contributed by atoms with van der Waals surface area (Å²) in [6, 6.07) is 14.0. The number of fused-ring (bicyclic) bond motifs is 1. The Morgan fingerprint density at radius 1 is 1.12 bits per heavy atom. The summed E-state index contributed by atoms with van der Waals surface area (Å²) in [5.41, 5.74) is 2.33. The van der Waals surface area contributed by atoms with Gasteiger partial charge in [0.05, 0.1) is 5.52 Å². The number of aromatic hydroxyl groups is 1. The third-order valence-electron chi connectivity index (χ3n) is 3.69. The van der Waals surface area contributed by atoms with Crippen molar-refractivity contribution in [2.45, 2.75) is 6.92 Å². The molecule has 0 unspecified atom stereocenters. The number of amides is 2. The smallest absolute Gasteiger partial charge is 0.283 e. The van der Waals surface area contributed by atoms with Crippen LogP contribution in [-0.2, 0) is 4.79 Å². The highest BCUT2D eigenvalue weighted by atomic mass is 16.3. The van der Waals surface area contributed by atoms with Crippen molar-refractivity contribution in [3.8, 4) is 5.88 Å². The third kappa shape index (κ3) is 3.55. The van der Waals surface area contributed by atoms with E-state index in [1.165, 1.54) is 0 Å². The van der Waals surface area contributed by atoms with E-state index in [4.69, 9.17) is 0 Å². The minimum atomic E-state index is -0.620. The molecular formula is C18H16N4O3. The van der Waals surface area contributed by atoms with E-state index in [9.17, 15) is 14.7 Å². The third-order valence-corrected chi connectivity index (χ3v) is 3.69. The molecule has 25 heavy (non-hydrogen) atoms. The summed E-state index contributed by atoms with van der Waals surface area (Å²) < 4.78 is 0. The minimum Gasteiger partial charge on any atom is -0.493 e. The molecule has 1 aromatic heterocycles. The van der Waals surface area contributed by atoms with Crippen molar-refractivity contribution in [3.05, 3.63) is 59.7 Å². The molecule has 0 spiro atoms. The maximum absolute atomic E-state index is 11.9. The Balaban J connectivity index is 1.68. The van der Waals surface area contributed by atoms with Crippen LogP contribution in [0.15, 0.2) is 58.8 Å². The molecule has 3 aromatic rings. The first-order valence-electron chi connectivity index (χ1n) is 7.64. The van der Waals surface area contributed by atoms with Crippen molar-refractivity contribution in [3.63, 3.8) is 0 Å². The van der Waals surface area contributed by atoms with Crippen LogP contribution in [0.25, 0.3) is 10.9 Å². The summed E-state index contributed by atoms with van der Waals surface area (Å²) >= 11 is 0. The van der Waals surface area contributed by atoms with Crippen molar-refractivity contribution >= 4 is 28.4 Å². The van der Waals surface area contributed by atoms with Crippen LogP contribution >= 0.6 is 0 Å². The number of carbonyl (C=O) groups is 2. The minimum absolute atomic E-state index is 0.158. The summed E-state index contributed by atoms with van der Waals surface area (Å²) in [4.78, 5) is 26.5. The van der Waals surface area contributed by atoms with Crippen molar-refractivity contribution in [1.29, 1.82) is 0 Å². The van der Waals surface area contributed by atoms with Crippen LogP contribution in [0.5, 0.6) is 5.88 Å². The molecule has 7 heteroatoms. The normalized spacial score (nSPS) is 11.1. The van der Waals surface area contributed by atoms with Crippen LogP contribution < -0.4 is 5.32 Å². The molecular weight excluding hydrogens is 320 g/mol. The lowest BCUT2D eigenvalue weighted by atomic mass is 10.1. The van der Waals surface area contributed by atoms with E-state index in [1.807, 2.05) is 19.1 Å². The fourth-order valence-corrected chi connectivity index (χ4v) is 2.43. The number of carbonyl (C=O) groups excluding carboxylic acids is 2. The lowest BCUT2D eigenvalue weighted by Crippen LogP contribution is -2.28. The fraction of sp³-hybridized carbons (Fsp3) is 0.111. The summed E-state index contributed by atoms with van der Waals surface area (Å²) in [6.45, 7) is 1.61. The van der Waals surface area contributed by atoms with Crippen molar-refractivity contribution in [1.82, 2.24) is 10.3 Å². The van der Waals surface area contributed by atoms with Gasteiger partial charge in [0.2, 0.25) is 5.88 Å². The number of hydrogen-bond donors (Lipinski definition) is 3. The number of aromatic nitrogens is 1. The number of hydrogen-bond acceptors (Lipinski definition) is 4. The lowest BCUT2D eigenvalue weighted by molar-refractivity contribution is -0.117. The van der Waals surface area contributed by atoms with E-state index in [-0.39, 0.29) is 24.0 Å². The molecule has 126 valence electrons. The van der Waals surface area contributed by atoms with E-state index in [0.29, 0.717) is 10.9 Å². The number of para-hydroxylation sites is 1. The molecule has 3 rings (SSSR count). The van der Waals surface area contributed by atoms with Gasteiger partial charge in [-0.3, -0.25) is 9.59 Å². The number of rotatable bonds is 4. The SMILES string of the molecule is Cc1cccc2c(N=NC(=O)CNC(=O)c3ccccc3)c(O)[nH]c12. The maximum atomic E-state index is 11.9. The molecule has 3 N–H and O–H groups in total. The number of H-pyrrole nitrogens is 1. The van der Waals surface area contributed by atoms with Crippen molar-refractivity contribution in [2.75, 3.05) is 6.54 Å². The molecule has 2 aromatic carbocycles. The quantitative estimate of drug-likeness (QED) is 0.637. The predicted octanol–water partition coefficient (Wildman–Crippen LogP) is 3.22. The first kappa shape index (κ1) is 16.4. The molecule has 0 aliphatic heterocycles. The molecule has 0 aliphatic carbocycles. The molecule has 0 bridgehead atoms. The van der Waals surface area contributed by atoms with Crippen molar-refractivity contribution in [2.24, 2.45) is 10.2 Å². The average molecular weight is 336 g/mol. The summed E-state index contributed by atoms with van der Waals surface area (Å²) in [5, 5.41) is 20.5. The van der Waals surface area contributed by atoms with Crippen LogP contribution in [0.3, 0.4) is 0 Å². The number of nitrogens with zero attached hydrogens (tertiary/aromatic N) is 2. The van der Waals surface area contributed by atoms with Crippen LogP contribution in [0.2, 0.25) is 0 Å². The molecule has 1 heterocycles. The topological polar surface area (TPSA) is 107 Å². The Kier molecular flexibility index (Phi) is 4.56. The standard InChI is InChI=1S/C18H16N4O3/c1-11-6-5-9-13-15(11)20-18(25)16(13)22-21-14(23)10-19-17(24)12-7-3-2-4-8-12/h2-9,20,25H,10H2,1H3,(H,19,24). The number of aryl methyl sites for hydroxylation is 1. The first-order chi connectivity index (χ1) is 12.1. The lowest BCUT2D eigenvalue weighted by Gasteiger charge is -2.01. The Bertz CT molecular complexity index is 961. The summed E-state index contributed by atoms with van der Waals surface area (Å²) in [7, 11) is 0. The van der Waals surface area contributed by atoms with Crippen LogP contribution in [0, 0.1) is 6.92 Å². The second kappa shape index (κ2) is 6.96. The fourth-order valence-electron chi connectivity index (χ4n) is 2.43. The number of nitrogens with one attached hydrogen (secondary N) is 2. The molecule has 0 saturated heterocycles. The largest absolute Gasteiger partial charge is 0.493 e. The van der Waals surface area contributed by atoms with Gasteiger partial charge in [-0.15, -0.1) is 10.2 Å². The van der Waals surface area contributed by atoms with Gasteiger partial charge in [0.25, 0.3) is 11.8 Å². The van der Waals surface area contributed by atoms with Gasteiger partial charge in [0.15, 0.2) is 5.69 Å². The molecule has 0 atom stereocenters. The Morgan fingerprint density at radius 2 is 1.88 bits per heavy atom. The predicted molar refractivity (Wildman–Crippen MR) is 93.0 cm³/mol. The van der Waals surface area contributed by atoms with Gasteiger partial charge in [-0.05, 0) is 24.6 Å². The highest BCUT2D eigenvalue weighted by Crippen LogP contribution is 2.36. The van der Waals surface area contributed by atoms with E-state index in [1.54, 1.807) is 36.4 Å². The summed E-state index contributed by atoms with van der Waals surface area (Å²) in [5.74, 6) is -1.14. The van der Waals surface area contributed by atoms with Gasteiger partial charge in [-0.25, -0.2) is 0 Å².